The zero-order valence-electron chi connectivity index (χ0n) is 9.93. The van der Waals surface area contributed by atoms with E-state index in [2.05, 4.69) is 4.98 Å². The lowest BCUT2D eigenvalue weighted by molar-refractivity contribution is 0.415. The lowest BCUT2D eigenvalue weighted by Crippen LogP contribution is -2.05. The molecule has 4 heteroatoms. The van der Waals surface area contributed by atoms with E-state index in [1.54, 1.807) is 13.3 Å². The molecule has 0 radical (unpaired) electrons. The largest absolute Gasteiger partial charge is 0.497 e. The van der Waals surface area contributed by atoms with Crippen molar-refractivity contribution in [2.45, 2.75) is 6.42 Å². The third-order valence-electron chi connectivity index (χ3n) is 3.46. The van der Waals surface area contributed by atoms with Crippen molar-refractivity contribution in [3.8, 4) is 5.75 Å². The number of benzene rings is 1. The van der Waals surface area contributed by atoms with Gasteiger partial charge in [-0.1, -0.05) is 0 Å². The number of methoxy groups -OCH3 is 1. The molecule has 0 saturated carbocycles. The maximum absolute atomic E-state index is 12.3. The van der Waals surface area contributed by atoms with E-state index in [0.717, 1.165) is 34.5 Å². The van der Waals surface area contributed by atoms with Gasteiger partial charge in [-0.25, -0.2) is 0 Å². The van der Waals surface area contributed by atoms with Gasteiger partial charge in [-0.15, -0.1) is 0 Å². The molecule has 0 unspecified atom stereocenters. The van der Waals surface area contributed by atoms with Gasteiger partial charge in [0.05, 0.1) is 12.6 Å². The maximum atomic E-state index is 12.3. The molecule has 0 amide bonds. The fourth-order valence-electron chi connectivity index (χ4n) is 2.46. The zero-order chi connectivity index (χ0) is 12.0. The van der Waals surface area contributed by atoms with Crippen molar-refractivity contribution < 1.29 is 9.30 Å². The van der Waals surface area contributed by atoms with Crippen molar-refractivity contribution in [3.05, 3.63) is 30.0 Å². The van der Waals surface area contributed by atoms with Crippen molar-refractivity contribution in [2.24, 2.45) is 0 Å². The lowest BCUT2D eigenvalue weighted by atomic mass is 10.1. The summed E-state index contributed by atoms with van der Waals surface area (Å²) >= 11 is 0. The van der Waals surface area contributed by atoms with Gasteiger partial charge in [0.15, 0.2) is 0 Å². The molecule has 88 valence electrons. The van der Waals surface area contributed by atoms with Crippen LogP contribution in [-0.4, -0.2) is 24.9 Å². The summed E-state index contributed by atoms with van der Waals surface area (Å²) in [4.78, 5) is 4.40. The number of aromatic nitrogens is 1. The molecule has 3 rings (SSSR count). The Morgan fingerprint density at radius 3 is 3.00 bits per heavy atom. The van der Waals surface area contributed by atoms with Gasteiger partial charge in [-0.2, -0.15) is 0 Å². The summed E-state index contributed by atoms with van der Waals surface area (Å²) < 4.78 is 17.5. The molecule has 2 heterocycles. The fourth-order valence-corrected chi connectivity index (χ4v) is 4.46. The second-order valence-corrected chi connectivity index (χ2v) is 7.71. The summed E-state index contributed by atoms with van der Waals surface area (Å²) in [5.74, 6) is 0.808. The van der Waals surface area contributed by atoms with Crippen LogP contribution in [0.25, 0.3) is 10.9 Å². The first-order chi connectivity index (χ1) is 8.12. The number of rotatable bonds is 1. The fraction of sp³-hybridized carbons (Fsp3) is 0.308. The van der Waals surface area contributed by atoms with Crippen LogP contribution >= 0.6 is 7.14 Å². The predicted molar refractivity (Wildman–Crippen MR) is 70.0 cm³/mol. The number of nitrogens with zero attached hydrogens (tertiary/aromatic N) is 1. The highest BCUT2D eigenvalue weighted by molar-refractivity contribution is 7.71. The Kier molecular flexibility index (Phi) is 2.27. The number of ether oxygens (including phenoxy) is 1. The topological polar surface area (TPSA) is 39.2 Å². The summed E-state index contributed by atoms with van der Waals surface area (Å²) in [7, 11) is -0.502. The molecule has 0 aliphatic carbocycles. The summed E-state index contributed by atoms with van der Waals surface area (Å²) in [6.07, 6.45) is 3.45. The molecule has 2 aromatic rings. The van der Waals surface area contributed by atoms with E-state index in [4.69, 9.17) is 4.74 Å². The van der Waals surface area contributed by atoms with Crippen LogP contribution < -0.4 is 10.0 Å². The van der Waals surface area contributed by atoms with Crippen LogP contribution in [-0.2, 0) is 11.0 Å². The first kappa shape index (κ1) is 10.8. The Hall–Kier alpha value is -1.34. The van der Waals surface area contributed by atoms with Crippen molar-refractivity contribution in [1.29, 1.82) is 0 Å². The molecule has 1 aliphatic heterocycles. The van der Waals surface area contributed by atoms with Gasteiger partial charge >= 0.3 is 0 Å². The maximum Gasteiger partial charge on any atom is 0.121 e. The number of pyridine rings is 1. The first-order valence-corrected chi connectivity index (χ1v) is 7.98. The molecule has 0 fully saturated rings. The monoisotopic (exact) mass is 247 g/mol. The standard InChI is InChI=1S/C13H14NO2P/c1-16-9-3-4-10-11-5-6-17(2,15)13(11)8-14-12(10)7-9/h3-4,7-8H,5-6H2,1-2H3/t17-/m0/s1. The van der Waals surface area contributed by atoms with Crippen molar-refractivity contribution >= 4 is 23.3 Å². The molecule has 1 aromatic carbocycles. The van der Waals surface area contributed by atoms with Gasteiger partial charge in [0.25, 0.3) is 0 Å². The van der Waals surface area contributed by atoms with E-state index in [0.29, 0.717) is 0 Å². The average Bonchev–Trinajstić information content (AvgIpc) is 2.65. The Morgan fingerprint density at radius 2 is 2.24 bits per heavy atom. The molecule has 0 N–H and O–H groups in total. The predicted octanol–water partition coefficient (Wildman–Crippen LogP) is 2.42. The minimum atomic E-state index is -2.15. The van der Waals surface area contributed by atoms with Gasteiger partial charge in [0, 0.05) is 29.1 Å². The van der Waals surface area contributed by atoms with Crippen LogP contribution in [0.4, 0.5) is 0 Å². The van der Waals surface area contributed by atoms with Crippen molar-refractivity contribution in [2.75, 3.05) is 19.9 Å². The second kappa shape index (κ2) is 3.58. The van der Waals surface area contributed by atoms with Crippen LogP contribution in [0.1, 0.15) is 5.56 Å². The summed E-state index contributed by atoms with van der Waals surface area (Å²) in [5.41, 5.74) is 2.13. The van der Waals surface area contributed by atoms with Crippen LogP contribution in [0.15, 0.2) is 24.4 Å². The van der Waals surface area contributed by atoms with Gasteiger partial charge in [0.1, 0.15) is 12.9 Å². The van der Waals surface area contributed by atoms with E-state index in [1.165, 1.54) is 5.56 Å². The average molecular weight is 247 g/mol. The quantitative estimate of drug-likeness (QED) is 0.726. The van der Waals surface area contributed by atoms with Crippen LogP contribution in [0.2, 0.25) is 0 Å². The second-order valence-electron chi connectivity index (χ2n) is 4.58. The smallest absolute Gasteiger partial charge is 0.121 e. The number of hydrogen-bond acceptors (Lipinski definition) is 3. The third kappa shape index (κ3) is 1.57. The van der Waals surface area contributed by atoms with Gasteiger partial charge in [-0.3, -0.25) is 4.98 Å². The highest BCUT2D eigenvalue weighted by atomic mass is 31.2. The summed E-state index contributed by atoms with van der Waals surface area (Å²) in [6, 6.07) is 5.88. The number of aryl methyl sites for hydroxylation is 1. The number of hydrogen-bond donors (Lipinski definition) is 0. The highest BCUT2D eigenvalue weighted by Crippen LogP contribution is 2.47. The van der Waals surface area contributed by atoms with E-state index in [9.17, 15) is 4.57 Å². The minimum Gasteiger partial charge on any atom is -0.497 e. The Balaban J connectivity index is 2.31. The molecule has 3 nitrogen and oxygen atoms in total. The van der Waals surface area contributed by atoms with Crippen molar-refractivity contribution in [3.63, 3.8) is 0 Å². The van der Waals surface area contributed by atoms with Crippen molar-refractivity contribution in [1.82, 2.24) is 4.98 Å². The Labute approximate surface area is 100 Å². The van der Waals surface area contributed by atoms with E-state index in [-0.39, 0.29) is 0 Å². The molecule has 1 aliphatic rings. The Morgan fingerprint density at radius 1 is 1.41 bits per heavy atom. The van der Waals surface area contributed by atoms with E-state index < -0.39 is 7.14 Å². The van der Waals surface area contributed by atoms with E-state index in [1.807, 2.05) is 24.9 Å². The molecular formula is C13H14NO2P. The van der Waals surface area contributed by atoms with Gasteiger partial charge < -0.3 is 9.30 Å². The summed E-state index contributed by atoms with van der Waals surface area (Å²) in [6.45, 7) is 1.86. The lowest BCUT2D eigenvalue weighted by Gasteiger charge is -2.08. The van der Waals surface area contributed by atoms with Crippen LogP contribution in [0.5, 0.6) is 5.75 Å². The Bertz CT molecular complexity index is 651. The SMILES string of the molecule is COc1ccc2c3c(cnc2c1)[P@@](C)(=O)CC3. The minimum absolute atomic E-state index is 0.773. The van der Waals surface area contributed by atoms with Crippen LogP contribution in [0, 0.1) is 0 Å². The number of fused-ring (bicyclic) bond motifs is 3. The normalized spacial score (nSPS) is 22.7. The zero-order valence-corrected chi connectivity index (χ0v) is 10.8. The molecule has 0 spiro atoms. The molecule has 1 atom stereocenters. The summed E-state index contributed by atoms with van der Waals surface area (Å²) in [5, 5.41) is 2.08. The molecule has 0 saturated heterocycles. The van der Waals surface area contributed by atoms with Crippen LogP contribution in [0.3, 0.4) is 0 Å². The molecule has 17 heavy (non-hydrogen) atoms. The molecule has 0 bridgehead atoms. The third-order valence-corrected chi connectivity index (χ3v) is 5.94. The highest BCUT2D eigenvalue weighted by Gasteiger charge is 2.30. The van der Waals surface area contributed by atoms with E-state index >= 15 is 0 Å². The van der Waals surface area contributed by atoms with Gasteiger partial charge in [0.2, 0.25) is 0 Å². The molecule has 1 aromatic heterocycles. The molecular weight excluding hydrogens is 233 g/mol. The first-order valence-electron chi connectivity index (χ1n) is 5.64. The van der Waals surface area contributed by atoms with Gasteiger partial charge in [-0.05, 0) is 30.8 Å².